The summed E-state index contributed by atoms with van der Waals surface area (Å²) in [4.78, 5) is 35.9. The fourth-order valence-electron chi connectivity index (χ4n) is 8.81. The molecule has 3 saturated carbocycles. The van der Waals surface area contributed by atoms with Crippen LogP contribution in [-0.4, -0.2) is 55.3 Å². The van der Waals surface area contributed by atoms with Gasteiger partial charge < -0.3 is 18.9 Å². The van der Waals surface area contributed by atoms with Crippen LogP contribution in [0.1, 0.15) is 86.5 Å². The van der Waals surface area contributed by atoms with Crippen molar-refractivity contribution in [2.24, 2.45) is 33.7 Å². The number of nitrogens with one attached hydrogen (secondary N) is 1. The van der Waals surface area contributed by atoms with Crippen LogP contribution in [0.2, 0.25) is 0 Å². The Morgan fingerprint density at radius 2 is 1.76 bits per heavy atom. The molecular weight excluding hydrogens is 488 g/mol. The van der Waals surface area contributed by atoms with Gasteiger partial charge in [0.05, 0.1) is 12.3 Å². The van der Waals surface area contributed by atoms with E-state index in [1.807, 2.05) is 6.92 Å². The molecule has 9 heteroatoms. The van der Waals surface area contributed by atoms with Gasteiger partial charge in [-0.25, -0.2) is 10.2 Å². The first-order valence-corrected chi connectivity index (χ1v) is 14.0. The van der Waals surface area contributed by atoms with Crippen LogP contribution in [0.5, 0.6) is 0 Å². The normalized spacial score (nSPS) is 40.1. The number of rotatable bonds is 6. The average Bonchev–Trinajstić information content (AvgIpc) is 3.10. The van der Waals surface area contributed by atoms with E-state index in [-0.39, 0.29) is 41.4 Å². The van der Waals surface area contributed by atoms with E-state index in [2.05, 4.69) is 30.5 Å². The SMILES string of the molecule is CCOC(=O)NN=C(C)C1(OC)C(OC(C)=O)CC2C3CC=C4CC(OC(C)=O)CCC4(C)C3CCC21C. The molecule has 1 N–H and O–H groups in total. The highest BCUT2D eigenvalue weighted by Crippen LogP contribution is 2.68. The third kappa shape index (κ3) is 4.54. The zero-order valence-electron chi connectivity index (χ0n) is 23.9. The number of ether oxygens (including phenoxy) is 4. The van der Waals surface area contributed by atoms with Gasteiger partial charge in [-0.3, -0.25) is 9.59 Å². The quantitative estimate of drug-likeness (QED) is 0.170. The Morgan fingerprint density at radius 3 is 2.39 bits per heavy atom. The fraction of sp³-hybridized carbons (Fsp3) is 0.793. The van der Waals surface area contributed by atoms with Crippen LogP contribution in [0.15, 0.2) is 16.8 Å². The van der Waals surface area contributed by atoms with Gasteiger partial charge >= 0.3 is 18.0 Å². The van der Waals surface area contributed by atoms with Gasteiger partial charge in [0.2, 0.25) is 0 Å². The molecule has 8 unspecified atom stereocenters. The van der Waals surface area contributed by atoms with Crippen molar-refractivity contribution in [1.82, 2.24) is 5.43 Å². The monoisotopic (exact) mass is 532 g/mol. The maximum atomic E-state index is 12.3. The molecule has 0 saturated heterocycles. The molecule has 9 nitrogen and oxygen atoms in total. The van der Waals surface area contributed by atoms with Crippen molar-refractivity contribution in [3.05, 3.63) is 11.6 Å². The van der Waals surface area contributed by atoms with Crippen LogP contribution >= 0.6 is 0 Å². The lowest BCUT2D eigenvalue weighted by molar-refractivity contribution is -0.167. The predicted octanol–water partition coefficient (Wildman–Crippen LogP) is 4.93. The zero-order valence-corrected chi connectivity index (χ0v) is 23.9. The van der Waals surface area contributed by atoms with Gasteiger partial charge in [-0.05, 0) is 75.5 Å². The van der Waals surface area contributed by atoms with Crippen molar-refractivity contribution in [2.45, 2.75) is 104 Å². The van der Waals surface area contributed by atoms with Gasteiger partial charge in [-0.2, -0.15) is 5.10 Å². The lowest BCUT2D eigenvalue weighted by atomic mass is 9.46. The molecule has 38 heavy (non-hydrogen) atoms. The number of amides is 1. The number of methoxy groups -OCH3 is 1. The van der Waals surface area contributed by atoms with E-state index >= 15 is 0 Å². The van der Waals surface area contributed by atoms with Gasteiger partial charge in [-0.1, -0.05) is 25.5 Å². The summed E-state index contributed by atoms with van der Waals surface area (Å²) in [6, 6.07) is 0. The molecule has 0 aliphatic heterocycles. The summed E-state index contributed by atoms with van der Waals surface area (Å²) >= 11 is 0. The largest absolute Gasteiger partial charge is 0.462 e. The van der Waals surface area contributed by atoms with E-state index in [9.17, 15) is 14.4 Å². The number of hydrogen-bond donors (Lipinski definition) is 1. The number of esters is 2. The van der Waals surface area contributed by atoms with Gasteiger partial charge in [0.15, 0.2) is 0 Å². The highest BCUT2D eigenvalue weighted by molar-refractivity contribution is 5.93. The number of allylic oxidation sites excluding steroid dienone is 1. The topological polar surface area (TPSA) is 113 Å². The number of hydrogen-bond acceptors (Lipinski definition) is 8. The number of carbonyl (C=O) groups is 3. The Bertz CT molecular complexity index is 1020. The Balaban J connectivity index is 1.68. The van der Waals surface area contributed by atoms with Crippen molar-refractivity contribution in [1.29, 1.82) is 0 Å². The van der Waals surface area contributed by atoms with Gasteiger partial charge in [0.1, 0.15) is 17.8 Å². The molecule has 1 amide bonds. The maximum absolute atomic E-state index is 12.3. The molecule has 4 aliphatic rings. The third-order valence-electron chi connectivity index (χ3n) is 10.3. The zero-order chi connectivity index (χ0) is 27.9. The average molecular weight is 533 g/mol. The number of fused-ring (bicyclic) bond motifs is 5. The van der Waals surface area contributed by atoms with Crippen molar-refractivity contribution in [3.8, 4) is 0 Å². The van der Waals surface area contributed by atoms with E-state index in [0.717, 1.165) is 38.5 Å². The Labute approximate surface area is 226 Å². The lowest BCUT2D eigenvalue weighted by Gasteiger charge is -2.59. The molecule has 0 aromatic carbocycles. The van der Waals surface area contributed by atoms with Gasteiger partial charge in [-0.15, -0.1) is 0 Å². The summed E-state index contributed by atoms with van der Waals surface area (Å²) in [7, 11) is 1.65. The first-order chi connectivity index (χ1) is 17.9. The second kappa shape index (κ2) is 10.6. The molecule has 0 aromatic rings. The maximum Gasteiger partial charge on any atom is 0.427 e. The molecule has 0 bridgehead atoms. The molecule has 3 fully saturated rings. The molecular formula is C29H44N2O7. The van der Waals surface area contributed by atoms with Crippen LogP contribution in [0.25, 0.3) is 0 Å². The third-order valence-corrected chi connectivity index (χ3v) is 10.3. The first-order valence-electron chi connectivity index (χ1n) is 14.0. The summed E-state index contributed by atoms with van der Waals surface area (Å²) < 4.78 is 22.9. The van der Waals surface area contributed by atoms with Crippen molar-refractivity contribution in [2.75, 3.05) is 13.7 Å². The summed E-state index contributed by atoms with van der Waals surface area (Å²) in [6.07, 6.45) is 7.38. The van der Waals surface area contributed by atoms with Crippen molar-refractivity contribution < 1.29 is 33.3 Å². The second-order valence-corrected chi connectivity index (χ2v) is 12.0. The molecule has 0 spiro atoms. The highest BCUT2D eigenvalue weighted by Gasteiger charge is 2.70. The second-order valence-electron chi connectivity index (χ2n) is 12.0. The molecule has 0 radical (unpaired) electrons. The lowest BCUT2D eigenvalue weighted by Crippen LogP contribution is -2.61. The van der Waals surface area contributed by atoms with Crippen LogP contribution < -0.4 is 5.43 Å². The number of nitrogens with zero attached hydrogens (tertiary/aromatic N) is 1. The minimum Gasteiger partial charge on any atom is -0.462 e. The molecule has 212 valence electrons. The Kier molecular flexibility index (Phi) is 7.99. The molecule has 0 heterocycles. The van der Waals surface area contributed by atoms with E-state index in [4.69, 9.17) is 18.9 Å². The number of hydrazone groups is 1. The summed E-state index contributed by atoms with van der Waals surface area (Å²) in [5.74, 6) is 0.546. The summed E-state index contributed by atoms with van der Waals surface area (Å²) in [5, 5.41) is 4.40. The predicted molar refractivity (Wildman–Crippen MR) is 141 cm³/mol. The summed E-state index contributed by atoms with van der Waals surface area (Å²) in [5.41, 5.74) is 3.20. The molecule has 4 aliphatic carbocycles. The van der Waals surface area contributed by atoms with Gasteiger partial charge in [0.25, 0.3) is 0 Å². The first kappa shape index (κ1) is 28.6. The van der Waals surface area contributed by atoms with E-state index in [1.54, 1.807) is 14.0 Å². The van der Waals surface area contributed by atoms with Crippen LogP contribution in [0.4, 0.5) is 4.79 Å². The van der Waals surface area contributed by atoms with E-state index < -0.39 is 17.8 Å². The number of carbonyl (C=O) groups excluding carboxylic acids is 3. The molecule has 4 rings (SSSR count). The smallest absolute Gasteiger partial charge is 0.427 e. The minimum absolute atomic E-state index is 0.0380. The standard InChI is InChI=1S/C29H44N2O7/c1-8-36-26(34)31-30-17(2)29(35-7)25(38-19(4)33)16-24-22-10-9-20-15-21(37-18(3)32)11-13-27(20,5)23(22)12-14-28(24,29)6/h9,21-25H,8,10-16H2,1-7H3,(H,31,34). The highest BCUT2D eigenvalue weighted by atomic mass is 16.6. The van der Waals surface area contributed by atoms with E-state index in [1.165, 1.54) is 19.4 Å². The van der Waals surface area contributed by atoms with Crippen molar-refractivity contribution in [3.63, 3.8) is 0 Å². The van der Waals surface area contributed by atoms with Crippen molar-refractivity contribution >= 4 is 23.7 Å². The van der Waals surface area contributed by atoms with Crippen LogP contribution in [0, 0.1) is 28.6 Å². The van der Waals surface area contributed by atoms with Gasteiger partial charge in [0, 0.05) is 32.8 Å². The van der Waals surface area contributed by atoms with E-state index in [0.29, 0.717) is 24.0 Å². The van der Waals surface area contributed by atoms with Crippen LogP contribution in [0.3, 0.4) is 0 Å². The summed E-state index contributed by atoms with van der Waals surface area (Å²) in [6.45, 7) is 11.3. The fourth-order valence-corrected chi connectivity index (χ4v) is 8.81. The molecule has 0 aromatic heterocycles. The Hall–Kier alpha value is -2.42. The molecule has 8 atom stereocenters. The Morgan fingerprint density at radius 1 is 1.05 bits per heavy atom. The minimum atomic E-state index is -0.980. The van der Waals surface area contributed by atoms with Crippen LogP contribution in [-0.2, 0) is 28.5 Å².